The molecule has 128 valence electrons. The molecule has 0 heterocycles. The first-order valence-electron chi connectivity index (χ1n) is 8.34. The van der Waals surface area contributed by atoms with Crippen LogP contribution in [-0.4, -0.2) is 5.11 Å². The number of rotatable bonds is 3. The van der Waals surface area contributed by atoms with E-state index in [4.69, 9.17) is 23.2 Å². The first-order chi connectivity index (χ1) is 12.6. The molecule has 1 aliphatic carbocycles. The van der Waals surface area contributed by atoms with Crippen molar-refractivity contribution in [3.8, 4) is 0 Å². The Morgan fingerprint density at radius 3 is 1.96 bits per heavy atom. The molecule has 1 atom stereocenters. The molecule has 1 aliphatic rings. The third kappa shape index (κ3) is 3.34. The highest BCUT2D eigenvalue weighted by atomic mass is 35.5. The van der Waals surface area contributed by atoms with Crippen LogP contribution in [0.2, 0.25) is 10.0 Å². The van der Waals surface area contributed by atoms with E-state index in [0.717, 1.165) is 33.4 Å². The van der Waals surface area contributed by atoms with Crippen LogP contribution in [0, 0.1) is 0 Å². The van der Waals surface area contributed by atoms with Gasteiger partial charge in [0.2, 0.25) is 0 Å². The monoisotopic (exact) mass is 378 g/mol. The summed E-state index contributed by atoms with van der Waals surface area (Å²) in [6.07, 6.45) is 3.46. The van der Waals surface area contributed by atoms with Crippen molar-refractivity contribution in [1.82, 2.24) is 0 Å². The fraction of sp³-hybridized carbons (Fsp3) is 0.0435. The van der Waals surface area contributed by atoms with Crippen LogP contribution in [0.5, 0.6) is 0 Å². The maximum atomic E-state index is 10.9. The quantitative estimate of drug-likeness (QED) is 0.539. The minimum atomic E-state index is -0.704. The Morgan fingerprint density at radius 2 is 1.31 bits per heavy atom. The Bertz CT molecular complexity index is 999. The van der Waals surface area contributed by atoms with Crippen LogP contribution in [0.4, 0.5) is 0 Å². The molecule has 0 aliphatic heterocycles. The first-order valence-corrected chi connectivity index (χ1v) is 9.09. The number of allylic oxidation sites excluding steroid dienone is 2. The predicted octanol–water partition coefficient (Wildman–Crippen LogP) is 6.66. The zero-order valence-corrected chi connectivity index (χ0v) is 15.4. The van der Waals surface area contributed by atoms with Crippen LogP contribution in [-0.2, 0) is 0 Å². The number of hydrogen-bond donors (Lipinski definition) is 1. The predicted molar refractivity (Wildman–Crippen MR) is 110 cm³/mol. The van der Waals surface area contributed by atoms with Gasteiger partial charge >= 0.3 is 0 Å². The number of aliphatic hydroxyl groups is 1. The van der Waals surface area contributed by atoms with Gasteiger partial charge in [0.15, 0.2) is 0 Å². The molecule has 0 amide bonds. The molecular weight excluding hydrogens is 363 g/mol. The fourth-order valence-corrected chi connectivity index (χ4v) is 3.47. The second-order valence-electron chi connectivity index (χ2n) is 6.25. The third-order valence-corrected chi connectivity index (χ3v) is 5.04. The molecule has 0 saturated carbocycles. The number of fused-ring (bicyclic) bond motifs is 1. The molecule has 3 aromatic rings. The number of benzene rings is 3. The Kier molecular flexibility index (Phi) is 4.69. The Labute approximate surface area is 162 Å². The van der Waals surface area contributed by atoms with Crippen molar-refractivity contribution in [2.45, 2.75) is 6.10 Å². The maximum absolute atomic E-state index is 10.9. The van der Waals surface area contributed by atoms with Gasteiger partial charge in [-0.1, -0.05) is 71.7 Å². The number of halogens is 2. The molecule has 1 N–H and O–H groups in total. The van der Waals surface area contributed by atoms with Crippen molar-refractivity contribution in [3.63, 3.8) is 0 Å². The van der Waals surface area contributed by atoms with Crippen molar-refractivity contribution >= 4 is 40.4 Å². The summed E-state index contributed by atoms with van der Waals surface area (Å²) in [4.78, 5) is 0. The average molecular weight is 379 g/mol. The molecular formula is C23H16Cl2O. The van der Waals surface area contributed by atoms with Gasteiger partial charge in [0.1, 0.15) is 6.10 Å². The topological polar surface area (TPSA) is 20.2 Å². The SMILES string of the molecule is OC(C1=C/C(=C\c2ccc(Cl)cc2)c2ccccc21)c1ccc(Cl)cc1. The second kappa shape index (κ2) is 7.13. The molecule has 1 nitrogen and oxygen atoms in total. The lowest BCUT2D eigenvalue weighted by molar-refractivity contribution is 0.238. The van der Waals surface area contributed by atoms with Crippen molar-refractivity contribution in [1.29, 1.82) is 0 Å². The Hall–Kier alpha value is -2.32. The van der Waals surface area contributed by atoms with Gasteiger partial charge in [0.05, 0.1) is 0 Å². The maximum Gasteiger partial charge on any atom is 0.105 e. The summed E-state index contributed by atoms with van der Waals surface area (Å²) < 4.78 is 0. The van der Waals surface area contributed by atoms with Crippen LogP contribution >= 0.6 is 23.2 Å². The summed E-state index contributed by atoms with van der Waals surface area (Å²) >= 11 is 11.9. The minimum absolute atomic E-state index is 0.657. The van der Waals surface area contributed by atoms with E-state index in [-0.39, 0.29) is 0 Å². The van der Waals surface area contributed by atoms with Crippen LogP contribution in [0.1, 0.15) is 28.4 Å². The van der Waals surface area contributed by atoms with Crippen LogP contribution < -0.4 is 0 Å². The molecule has 26 heavy (non-hydrogen) atoms. The highest BCUT2D eigenvalue weighted by molar-refractivity contribution is 6.30. The van der Waals surface area contributed by atoms with Gasteiger partial charge in [-0.2, -0.15) is 0 Å². The van der Waals surface area contributed by atoms with E-state index in [1.165, 1.54) is 0 Å². The van der Waals surface area contributed by atoms with Gasteiger partial charge in [-0.25, -0.2) is 0 Å². The van der Waals surface area contributed by atoms with Gasteiger partial charge in [0, 0.05) is 10.0 Å². The molecule has 0 aromatic heterocycles. The third-order valence-electron chi connectivity index (χ3n) is 4.53. The molecule has 0 fully saturated rings. The van der Waals surface area contributed by atoms with Crippen LogP contribution in [0.15, 0.2) is 78.9 Å². The zero-order chi connectivity index (χ0) is 18.1. The van der Waals surface area contributed by atoms with E-state index < -0.39 is 6.10 Å². The van der Waals surface area contributed by atoms with Gasteiger partial charge in [-0.3, -0.25) is 0 Å². The largest absolute Gasteiger partial charge is 0.384 e. The van der Waals surface area contributed by atoms with E-state index in [2.05, 4.69) is 18.2 Å². The summed E-state index contributed by atoms with van der Waals surface area (Å²) in [6, 6.07) is 23.2. The van der Waals surface area contributed by atoms with Crippen molar-refractivity contribution < 1.29 is 5.11 Å². The van der Waals surface area contributed by atoms with E-state index in [0.29, 0.717) is 10.0 Å². The smallest absolute Gasteiger partial charge is 0.105 e. The lowest BCUT2D eigenvalue weighted by atomic mass is 9.96. The van der Waals surface area contributed by atoms with Gasteiger partial charge in [0.25, 0.3) is 0 Å². The lowest BCUT2D eigenvalue weighted by Crippen LogP contribution is -1.99. The summed E-state index contributed by atoms with van der Waals surface area (Å²) in [6.45, 7) is 0. The standard InChI is InChI=1S/C23H16Cl2O/c24-18-9-5-15(6-10-18)13-17-14-22(21-4-2-1-3-20(17)21)23(26)16-7-11-19(25)12-8-16/h1-14,23,26H/b17-13+. The zero-order valence-electron chi connectivity index (χ0n) is 13.9. The Balaban J connectivity index is 1.77. The highest BCUT2D eigenvalue weighted by Gasteiger charge is 2.24. The molecule has 0 radical (unpaired) electrons. The van der Waals surface area contributed by atoms with E-state index >= 15 is 0 Å². The average Bonchev–Trinajstić information content (AvgIpc) is 3.02. The highest BCUT2D eigenvalue weighted by Crippen LogP contribution is 2.42. The molecule has 3 heteroatoms. The molecule has 0 bridgehead atoms. The molecule has 3 aromatic carbocycles. The molecule has 4 rings (SSSR count). The van der Waals surface area contributed by atoms with Gasteiger partial charge in [-0.05, 0) is 69.8 Å². The summed E-state index contributed by atoms with van der Waals surface area (Å²) in [5, 5.41) is 12.3. The van der Waals surface area contributed by atoms with E-state index in [1.54, 1.807) is 12.1 Å². The number of aliphatic hydroxyl groups excluding tert-OH is 1. The Morgan fingerprint density at radius 1 is 0.731 bits per heavy atom. The van der Waals surface area contributed by atoms with Crippen molar-refractivity contribution in [2.75, 3.05) is 0 Å². The molecule has 0 spiro atoms. The molecule has 0 saturated heterocycles. The van der Waals surface area contributed by atoms with Crippen LogP contribution in [0.3, 0.4) is 0 Å². The number of hydrogen-bond acceptors (Lipinski definition) is 1. The van der Waals surface area contributed by atoms with Crippen molar-refractivity contribution in [3.05, 3.63) is 111 Å². The summed E-state index contributed by atoms with van der Waals surface area (Å²) in [7, 11) is 0. The van der Waals surface area contributed by atoms with Crippen LogP contribution in [0.25, 0.3) is 17.2 Å². The second-order valence-corrected chi connectivity index (χ2v) is 7.12. The van der Waals surface area contributed by atoms with Gasteiger partial charge < -0.3 is 5.11 Å². The normalized spacial score (nSPS) is 15.7. The summed E-state index contributed by atoms with van der Waals surface area (Å²) in [5.41, 5.74) is 6.02. The van der Waals surface area contributed by atoms with E-state index in [9.17, 15) is 5.11 Å². The molecule has 1 unspecified atom stereocenters. The summed E-state index contributed by atoms with van der Waals surface area (Å²) in [5.74, 6) is 0. The minimum Gasteiger partial charge on any atom is -0.384 e. The van der Waals surface area contributed by atoms with Gasteiger partial charge in [-0.15, -0.1) is 0 Å². The first kappa shape index (κ1) is 17.1. The van der Waals surface area contributed by atoms with E-state index in [1.807, 2.05) is 54.6 Å². The fourth-order valence-electron chi connectivity index (χ4n) is 3.22. The lowest BCUT2D eigenvalue weighted by Gasteiger charge is -2.14. The van der Waals surface area contributed by atoms with Crippen molar-refractivity contribution in [2.24, 2.45) is 0 Å².